The second-order valence-corrected chi connectivity index (χ2v) is 3.01. The highest BCUT2D eigenvalue weighted by atomic mass is 16.5. The number of isocyanates is 1. The summed E-state index contributed by atoms with van der Waals surface area (Å²) in [6.45, 7) is -0.479. The first-order valence-corrected chi connectivity index (χ1v) is 4.66. The highest BCUT2D eigenvalue weighted by Gasteiger charge is 2.17. The summed E-state index contributed by atoms with van der Waals surface area (Å²) in [5.41, 5.74) is 0.822. The first-order valence-electron chi connectivity index (χ1n) is 4.66. The normalized spacial score (nSPS) is 11.3. The SMILES string of the molecule is O=C=N[C@@H](CO)C(=O)OCc1ccccc1. The molecular weight excluding hydrogens is 210 g/mol. The molecule has 0 aliphatic rings. The molecule has 0 bridgehead atoms. The smallest absolute Gasteiger partial charge is 0.334 e. The molecule has 1 aromatic rings. The third-order valence-corrected chi connectivity index (χ3v) is 1.88. The average molecular weight is 221 g/mol. The number of rotatable bonds is 5. The zero-order chi connectivity index (χ0) is 11.8. The quantitative estimate of drug-likeness (QED) is 0.444. The van der Waals surface area contributed by atoms with Gasteiger partial charge in [0.25, 0.3) is 0 Å². The summed E-state index contributed by atoms with van der Waals surface area (Å²) in [6, 6.07) is 7.89. The number of aliphatic hydroxyl groups is 1. The Morgan fingerprint density at radius 2 is 2.12 bits per heavy atom. The minimum Gasteiger partial charge on any atom is -0.459 e. The van der Waals surface area contributed by atoms with E-state index in [1.807, 2.05) is 18.2 Å². The summed E-state index contributed by atoms with van der Waals surface area (Å²) < 4.78 is 4.86. The van der Waals surface area contributed by atoms with Gasteiger partial charge in [0.2, 0.25) is 6.08 Å². The number of ether oxygens (including phenoxy) is 1. The number of carbonyl (C=O) groups excluding carboxylic acids is 2. The Bertz CT molecular complexity index is 384. The Labute approximate surface area is 92.4 Å². The van der Waals surface area contributed by atoms with Crippen LogP contribution in [0.5, 0.6) is 0 Å². The summed E-state index contributed by atoms with van der Waals surface area (Å²) in [5.74, 6) is -0.741. The van der Waals surface area contributed by atoms with Gasteiger partial charge in [-0.3, -0.25) is 0 Å². The Balaban J connectivity index is 2.49. The van der Waals surface area contributed by atoms with Crippen molar-refractivity contribution in [1.82, 2.24) is 0 Å². The largest absolute Gasteiger partial charge is 0.459 e. The van der Waals surface area contributed by atoms with Crippen LogP contribution in [0.4, 0.5) is 0 Å². The number of benzene rings is 1. The van der Waals surface area contributed by atoms with Gasteiger partial charge in [0.15, 0.2) is 6.04 Å². The number of esters is 1. The molecule has 1 rings (SSSR count). The van der Waals surface area contributed by atoms with E-state index >= 15 is 0 Å². The van der Waals surface area contributed by atoms with Crippen molar-refractivity contribution in [2.24, 2.45) is 4.99 Å². The van der Waals surface area contributed by atoms with Crippen LogP contribution in [0.15, 0.2) is 35.3 Å². The first kappa shape index (κ1) is 12.1. The summed E-state index contributed by atoms with van der Waals surface area (Å²) in [7, 11) is 0. The van der Waals surface area contributed by atoms with Gasteiger partial charge in [-0.15, -0.1) is 0 Å². The number of hydrogen-bond donors (Lipinski definition) is 1. The third kappa shape index (κ3) is 3.65. The fourth-order valence-corrected chi connectivity index (χ4v) is 1.06. The van der Waals surface area contributed by atoms with E-state index in [1.165, 1.54) is 6.08 Å². The van der Waals surface area contributed by atoms with Crippen LogP contribution < -0.4 is 0 Å². The number of aliphatic imine (C=N–C) groups is 1. The monoisotopic (exact) mass is 221 g/mol. The molecule has 0 saturated heterocycles. The van der Waals surface area contributed by atoms with Crippen LogP contribution in [0.1, 0.15) is 5.56 Å². The second-order valence-electron chi connectivity index (χ2n) is 3.01. The molecule has 1 atom stereocenters. The van der Waals surface area contributed by atoms with Crippen LogP contribution in [-0.4, -0.2) is 29.8 Å². The molecular formula is C11H11NO4. The van der Waals surface area contributed by atoms with Crippen molar-refractivity contribution in [2.45, 2.75) is 12.6 Å². The Morgan fingerprint density at radius 3 is 2.69 bits per heavy atom. The van der Waals surface area contributed by atoms with Gasteiger partial charge in [0, 0.05) is 0 Å². The van der Waals surface area contributed by atoms with Crippen LogP contribution >= 0.6 is 0 Å². The lowest BCUT2D eigenvalue weighted by atomic mass is 10.2. The van der Waals surface area contributed by atoms with Gasteiger partial charge >= 0.3 is 5.97 Å². The number of aliphatic hydroxyl groups excluding tert-OH is 1. The number of carbonyl (C=O) groups is 1. The summed E-state index contributed by atoms with van der Waals surface area (Å²) in [4.78, 5) is 24.3. The lowest BCUT2D eigenvalue weighted by Crippen LogP contribution is -2.24. The van der Waals surface area contributed by atoms with Crippen LogP contribution in [0.2, 0.25) is 0 Å². The van der Waals surface area contributed by atoms with E-state index in [2.05, 4.69) is 4.99 Å². The van der Waals surface area contributed by atoms with E-state index < -0.39 is 18.6 Å². The zero-order valence-corrected chi connectivity index (χ0v) is 8.50. The van der Waals surface area contributed by atoms with Crippen LogP contribution in [0.3, 0.4) is 0 Å². The first-order chi connectivity index (χ1) is 7.77. The highest BCUT2D eigenvalue weighted by molar-refractivity contribution is 5.77. The topological polar surface area (TPSA) is 76.0 Å². The lowest BCUT2D eigenvalue weighted by Gasteiger charge is -2.07. The second kappa shape index (κ2) is 6.50. The fraction of sp³-hybridized carbons (Fsp3) is 0.273. The van der Waals surface area contributed by atoms with Gasteiger partial charge in [-0.2, -0.15) is 4.99 Å². The maximum Gasteiger partial charge on any atom is 0.334 e. The molecule has 1 aromatic carbocycles. The Kier molecular flexibility index (Phi) is 4.92. The Morgan fingerprint density at radius 1 is 1.44 bits per heavy atom. The van der Waals surface area contributed by atoms with Crippen molar-refractivity contribution in [3.8, 4) is 0 Å². The van der Waals surface area contributed by atoms with E-state index in [0.29, 0.717) is 0 Å². The fourth-order valence-electron chi connectivity index (χ4n) is 1.06. The van der Waals surface area contributed by atoms with Gasteiger partial charge in [-0.05, 0) is 5.56 Å². The molecule has 5 heteroatoms. The third-order valence-electron chi connectivity index (χ3n) is 1.88. The molecule has 0 aromatic heterocycles. The molecule has 16 heavy (non-hydrogen) atoms. The van der Waals surface area contributed by atoms with Crippen molar-refractivity contribution in [2.75, 3.05) is 6.61 Å². The van der Waals surface area contributed by atoms with Gasteiger partial charge in [0.05, 0.1) is 6.61 Å². The molecule has 0 spiro atoms. The molecule has 84 valence electrons. The predicted octanol–water partition coefficient (Wildman–Crippen LogP) is 0.426. The minimum absolute atomic E-state index is 0.0878. The maximum atomic E-state index is 11.3. The van der Waals surface area contributed by atoms with E-state index in [9.17, 15) is 9.59 Å². The number of nitrogens with zero attached hydrogens (tertiary/aromatic N) is 1. The molecule has 0 saturated carbocycles. The molecule has 0 aliphatic carbocycles. The van der Waals surface area contributed by atoms with Crippen LogP contribution in [0.25, 0.3) is 0 Å². The standard InChI is InChI=1S/C11H11NO4/c13-6-10(12-8-14)11(15)16-7-9-4-2-1-3-5-9/h1-5,10,13H,6-7H2/t10-/m0/s1. The number of hydrogen-bond acceptors (Lipinski definition) is 5. The highest BCUT2D eigenvalue weighted by Crippen LogP contribution is 2.02. The maximum absolute atomic E-state index is 11.3. The van der Waals surface area contributed by atoms with Crippen LogP contribution in [-0.2, 0) is 20.9 Å². The zero-order valence-electron chi connectivity index (χ0n) is 8.50. The van der Waals surface area contributed by atoms with Gasteiger partial charge in [-0.25, -0.2) is 9.59 Å². The molecule has 1 N–H and O–H groups in total. The van der Waals surface area contributed by atoms with E-state index in [-0.39, 0.29) is 6.61 Å². The summed E-state index contributed by atoms with van der Waals surface area (Å²) >= 11 is 0. The van der Waals surface area contributed by atoms with Gasteiger partial charge in [-0.1, -0.05) is 30.3 Å². The molecule has 0 heterocycles. The van der Waals surface area contributed by atoms with E-state index in [4.69, 9.17) is 9.84 Å². The summed E-state index contributed by atoms with van der Waals surface area (Å²) in [6.07, 6.45) is 1.21. The van der Waals surface area contributed by atoms with Crippen molar-refractivity contribution >= 4 is 12.0 Å². The average Bonchev–Trinajstić information content (AvgIpc) is 2.34. The lowest BCUT2D eigenvalue weighted by molar-refractivity contribution is -0.147. The predicted molar refractivity (Wildman–Crippen MR) is 55.2 cm³/mol. The van der Waals surface area contributed by atoms with Crippen molar-refractivity contribution in [1.29, 1.82) is 0 Å². The van der Waals surface area contributed by atoms with Crippen molar-refractivity contribution in [3.63, 3.8) is 0 Å². The van der Waals surface area contributed by atoms with Gasteiger partial charge < -0.3 is 9.84 Å². The van der Waals surface area contributed by atoms with Crippen molar-refractivity contribution in [3.05, 3.63) is 35.9 Å². The van der Waals surface area contributed by atoms with Crippen molar-refractivity contribution < 1.29 is 19.4 Å². The molecule has 0 radical (unpaired) electrons. The minimum atomic E-state index is -1.18. The van der Waals surface area contributed by atoms with Gasteiger partial charge in [0.1, 0.15) is 6.61 Å². The molecule has 5 nitrogen and oxygen atoms in total. The van der Waals surface area contributed by atoms with Crippen LogP contribution in [0, 0.1) is 0 Å². The van der Waals surface area contributed by atoms with E-state index in [0.717, 1.165) is 5.56 Å². The molecule has 0 unspecified atom stereocenters. The van der Waals surface area contributed by atoms with E-state index in [1.54, 1.807) is 12.1 Å². The molecule has 0 amide bonds. The molecule has 0 aliphatic heterocycles. The summed E-state index contributed by atoms with van der Waals surface area (Å²) in [5, 5.41) is 8.75. The molecule has 0 fully saturated rings. The Hall–Kier alpha value is -1.97.